The maximum Gasteiger partial charge on any atom is 0.179 e. The zero-order valence-electron chi connectivity index (χ0n) is 9.01. The standard InChI is InChI=1S/C13H10O3S/c14-7-9-2-1-3-10(6-9)13-12-11(8-17-13)15-4-5-16-12/h1-3,6-8H,4-5H2. The number of benzene rings is 1. The second-order valence-corrected chi connectivity index (χ2v) is 4.58. The molecule has 2 heterocycles. The van der Waals surface area contributed by atoms with Gasteiger partial charge in [0.25, 0.3) is 0 Å². The highest BCUT2D eigenvalue weighted by molar-refractivity contribution is 7.14. The van der Waals surface area contributed by atoms with Crippen LogP contribution in [0.1, 0.15) is 10.4 Å². The van der Waals surface area contributed by atoms with E-state index in [4.69, 9.17) is 9.47 Å². The number of rotatable bonds is 2. The van der Waals surface area contributed by atoms with Crippen molar-refractivity contribution in [3.63, 3.8) is 0 Å². The number of ether oxygens (including phenoxy) is 2. The Bertz CT molecular complexity index is 560. The summed E-state index contributed by atoms with van der Waals surface area (Å²) in [5, 5.41) is 1.94. The van der Waals surface area contributed by atoms with Crippen LogP contribution in [0.25, 0.3) is 10.4 Å². The van der Waals surface area contributed by atoms with Crippen LogP contribution < -0.4 is 9.47 Å². The molecule has 0 unspecified atom stereocenters. The Morgan fingerprint density at radius 3 is 3.00 bits per heavy atom. The second kappa shape index (κ2) is 4.22. The van der Waals surface area contributed by atoms with E-state index in [1.807, 2.05) is 23.6 Å². The quantitative estimate of drug-likeness (QED) is 0.764. The van der Waals surface area contributed by atoms with Gasteiger partial charge in [-0.05, 0) is 11.6 Å². The van der Waals surface area contributed by atoms with Crippen molar-refractivity contribution in [3.05, 3.63) is 35.2 Å². The first kappa shape index (κ1) is 10.4. The summed E-state index contributed by atoms with van der Waals surface area (Å²) < 4.78 is 11.1. The summed E-state index contributed by atoms with van der Waals surface area (Å²) in [6, 6.07) is 7.48. The molecule has 17 heavy (non-hydrogen) atoms. The zero-order valence-corrected chi connectivity index (χ0v) is 9.83. The lowest BCUT2D eigenvalue weighted by Gasteiger charge is -2.16. The van der Waals surface area contributed by atoms with Crippen LogP contribution in [-0.2, 0) is 0 Å². The molecule has 86 valence electrons. The summed E-state index contributed by atoms with van der Waals surface area (Å²) in [5.74, 6) is 1.59. The maximum absolute atomic E-state index is 10.8. The fourth-order valence-electron chi connectivity index (χ4n) is 1.82. The van der Waals surface area contributed by atoms with Crippen molar-refractivity contribution < 1.29 is 14.3 Å². The molecule has 0 spiro atoms. The lowest BCUT2D eigenvalue weighted by atomic mass is 10.1. The molecule has 0 N–H and O–H groups in total. The summed E-state index contributed by atoms with van der Waals surface area (Å²) in [7, 11) is 0. The van der Waals surface area contributed by atoms with E-state index in [0.717, 1.165) is 28.2 Å². The smallest absolute Gasteiger partial charge is 0.179 e. The van der Waals surface area contributed by atoms with Gasteiger partial charge in [-0.1, -0.05) is 18.2 Å². The highest BCUT2D eigenvalue weighted by Crippen LogP contribution is 2.45. The third-order valence-corrected chi connectivity index (χ3v) is 3.57. The molecule has 0 fully saturated rings. The van der Waals surface area contributed by atoms with Crippen LogP contribution in [0, 0.1) is 0 Å². The average molecular weight is 246 g/mol. The van der Waals surface area contributed by atoms with Gasteiger partial charge in [0.15, 0.2) is 11.5 Å². The Hall–Kier alpha value is -1.81. The molecule has 2 aromatic rings. The number of hydrogen-bond acceptors (Lipinski definition) is 4. The van der Waals surface area contributed by atoms with Crippen molar-refractivity contribution in [3.8, 4) is 21.9 Å². The molecular weight excluding hydrogens is 236 g/mol. The normalized spacial score (nSPS) is 13.4. The lowest BCUT2D eigenvalue weighted by Crippen LogP contribution is -2.14. The van der Waals surface area contributed by atoms with Crippen LogP contribution in [0.5, 0.6) is 11.5 Å². The van der Waals surface area contributed by atoms with Crippen LogP contribution in [0.3, 0.4) is 0 Å². The van der Waals surface area contributed by atoms with Crippen LogP contribution in [0.2, 0.25) is 0 Å². The summed E-state index contributed by atoms with van der Waals surface area (Å²) in [5.41, 5.74) is 1.66. The molecule has 1 aliphatic heterocycles. The highest BCUT2D eigenvalue weighted by atomic mass is 32.1. The minimum Gasteiger partial charge on any atom is -0.485 e. The van der Waals surface area contributed by atoms with Crippen molar-refractivity contribution >= 4 is 17.6 Å². The number of hydrogen-bond donors (Lipinski definition) is 0. The van der Waals surface area contributed by atoms with Crippen molar-refractivity contribution in [2.24, 2.45) is 0 Å². The van der Waals surface area contributed by atoms with E-state index in [0.29, 0.717) is 18.8 Å². The summed E-state index contributed by atoms with van der Waals surface area (Å²) in [6.07, 6.45) is 0.848. The number of aldehydes is 1. The molecule has 0 aliphatic carbocycles. The first-order valence-corrected chi connectivity index (χ1v) is 6.19. The Morgan fingerprint density at radius 1 is 1.24 bits per heavy atom. The molecule has 0 saturated heterocycles. The summed E-state index contributed by atoms with van der Waals surface area (Å²) in [4.78, 5) is 11.8. The Kier molecular flexibility index (Phi) is 2.57. The number of carbonyl (C=O) groups excluding carboxylic acids is 1. The molecule has 1 aliphatic rings. The van der Waals surface area contributed by atoms with Gasteiger partial charge in [0, 0.05) is 10.9 Å². The van der Waals surface area contributed by atoms with E-state index in [1.54, 1.807) is 17.4 Å². The third kappa shape index (κ3) is 1.80. The first-order valence-electron chi connectivity index (χ1n) is 5.31. The number of fused-ring (bicyclic) bond motifs is 1. The molecule has 3 nitrogen and oxygen atoms in total. The largest absolute Gasteiger partial charge is 0.485 e. The van der Waals surface area contributed by atoms with Crippen molar-refractivity contribution in [2.45, 2.75) is 0 Å². The molecule has 1 aromatic carbocycles. The topological polar surface area (TPSA) is 35.5 Å². The SMILES string of the molecule is O=Cc1cccc(-c2scc3c2OCCO3)c1. The van der Waals surface area contributed by atoms with Gasteiger partial charge in [-0.25, -0.2) is 0 Å². The second-order valence-electron chi connectivity index (χ2n) is 3.70. The van der Waals surface area contributed by atoms with Gasteiger partial charge in [-0.15, -0.1) is 11.3 Å². The van der Waals surface area contributed by atoms with Crippen LogP contribution >= 0.6 is 11.3 Å². The zero-order chi connectivity index (χ0) is 11.7. The minimum atomic E-state index is 0.574. The summed E-state index contributed by atoms with van der Waals surface area (Å²) >= 11 is 1.57. The van der Waals surface area contributed by atoms with Crippen molar-refractivity contribution in [2.75, 3.05) is 13.2 Å². The molecule has 0 saturated carbocycles. The van der Waals surface area contributed by atoms with E-state index in [1.165, 1.54) is 0 Å². The lowest BCUT2D eigenvalue weighted by molar-refractivity contribution is 0.112. The van der Waals surface area contributed by atoms with Crippen LogP contribution in [-0.4, -0.2) is 19.5 Å². The van der Waals surface area contributed by atoms with Crippen LogP contribution in [0.4, 0.5) is 0 Å². The molecular formula is C13H10O3S. The van der Waals surface area contributed by atoms with E-state index >= 15 is 0 Å². The van der Waals surface area contributed by atoms with E-state index < -0.39 is 0 Å². The summed E-state index contributed by atoms with van der Waals surface area (Å²) in [6.45, 7) is 1.17. The predicted octanol–water partition coefficient (Wildman–Crippen LogP) is 3.00. The highest BCUT2D eigenvalue weighted by Gasteiger charge is 2.19. The van der Waals surface area contributed by atoms with E-state index in [2.05, 4.69) is 0 Å². The van der Waals surface area contributed by atoms with Gasteiger partial charge < -0.3 is 9.47 Å². The fourth-order valence-corrected chi connectivity index (χ4v) is 2.74. The molecule has 1 aromatic heterocycles. The molecule has 0 amide bonds. The van der Waals surface area contributed by atoms with E-state index in [9.17, 15) is 4.79 Å². The van der Waals surface area contributed by atoms with E-state index in [-0.39, 0.29) is 0 Å². The van der Waals surface area contributed by atoms with Crippen molar-refractivity contribution in [1.82, 2.24) is 0 Å². The van der Waals surface area contributed by atoms with Gasteiger partial charge in [-0.2, -0.15) is 0 Å². The van der Waals surface area contributed by atoms with Gasteiger partial charge in [0.1, 0.15) is 19.5 Å². The molecule has 0 radical (unpaired) electrons. The first-order chi connectivity index (χ1) is 8.38. The Morgan fingerprint density at radius 2 is 2.12 bits per heavy atom. The Labute approximate surface area is 103 Å². The maximum atomic E-state index is 10.8. The molecule has 3 rings (SSSR count). The molecule has 0 bridgehead atoms. The van der Waals surface area contributed by atoms with Crippen molar-refractivity contribution in [1.29, 1.82) is 0 Å². The molecule has 0 atom stereocenters. The predicted molar refractivity (Wildman–Crippen MR) is 66.1 cm³/mol. The van der Waals surface area contributed by atoms with Gasteiger partial charge in [0.05, 0.1) is 4.88 Å². The third-order valence-electron chi connectivity index (χ3n) is 2.59. The van der Waals surface area contributed by atoms with Gasteiger partial charge in [-0.3, -0.25) is 4.79 Å². The molecule has 4 heteroatoms. The minimum absolute atomic E-state index is 0.574. The van der Waals surface area contributed by atoms with Gasteiger partial charge >= 0.3 is 0 Å². The van der Waals surface area contributed by atoms with Gasteiger partial charge in [0.2, 0.25) is 0 Å². The number of thiophene rings is 1. The monoisotopic (exact) mass is 246 g/mol. The number of carbonyl (C=O) groups is 1. The fraction of sp³-hybridized carbons (Fsp3) is 0.154. The Balaban J connectivity index is 2.08. The average Bonchev–Trinajstić information content (AvgIpc) is 2.82. The van der Waals surface area contributed by atoms with Crippen LogP contribution in [0.15, 0.2) is 29.6 Å².